The molecule has 4 rings (SSSR count). The first-order valence-electron chi connectivity index (χ1n) is 9.03. The summed E-state index contributed by atoms with van der Waals surface area (Å²) in [5.41, 5.74) is 5.10. The van der Waals surface area contributed by atoms with Gasteiger partial charge >= 0.3 is 11.9 Å². The molecule has 0 saturated heterocycles. The van der Waals surface area contributed by atoms with Crippen LogP contribution in [0.15, 0.2) is 96.7 Å². The predicted molar refractivity (Wildman–Crippen MR) is 110 cm³/mol. The summed E-state index contributed by atoms with van der Waals surface area (Å²) in [6.07, 6.45) is 5.02. The number of fused-ring (bicyclic) bond motifs is 1. The highest BCUT2D eigenvalue weighted by Crippen LogP contribution is 2.33. The Balaban J connectivity index is 1.68. The fraction of sp³-hybridized carbons (Fsp3) is 0. The van der Waals surface area contributed by atoms with Gasteiger partial charge in [0.2, 0.25) is 0 Å². The molecule has 29 heavy (non-hydrogen) atoms. The summed E-state index contributed by atoms with van der Waals surface area (Å²) in [4.78, 5) is 25.1. The fourth-order valence-electron chi connectivity index (χ4n) is 2.91. The van der Waals surface area contributed by atoms with Gasteiger partial charge < -0.3 is 9.47 Å². The van der Waals surface area contributed by atoms with Crippen molar-refractivity contribution in [2.24, 2.45) is 0 Å². The van der Waals surface area contributed by atoms with E-state index in [1.54, 1.807) is 78.9 Å². The van der Waals surface area contributed by atoms with Crippen LogP contribution < -0.4 is 4.74 Å². The van der Waals surface area contributed by atoms with Crippen molar-refractivity contribution in [2.75, 3.05) is 0 Å². The second-order valence-corrected chi connectivity index (χ2v) is 6.24. The van der Waals surface area contributed by atoms with Gasteiger partial charge in [0.25, 0.3) is 0 Å². The first-order valence-corrected chi connectivity index (χ1v) is 9.03. The number of ether oxygens (including phenoxy) is 2. The molecule has 1 aliphatic carbocycles. The van der Waals surface area contributed by atoms with E-state index < -0.39 is 11.9 Å². The molecule has 0 heterocycles. The SMILES string of the molecule is O=C(OC1=CC=C=Cc2cccc(OC(=O)c3ccccc3)c21)c1ccccc1. The molecule has 1 aliphatic rings. The van der Waals surface area contributed by atoms with Gasteiger partial charge in [0.1, 0.15) is 11.5 Å². The molecule has 0 radical (unpaired) electrons. The van der Waals surface area contributed by atoms with Crippen LogP contribution >= 0.6 is 0 Å². The number of hydrogen-bond donors (Lipinski definition) is 0. The molecular formula is C25H16O4. The fourth-order valence-corrected chi connectivity index (χ4v) is 2.91. The molecule has 0 aliphatic heterocycles. The number of hydrogen-bond acceptors (Lipinski definition) is 4. The van der Waals surface area contributed by atoms with E-state index in [1.165, 1.54) is 0 Å². The Morgan fingerprint density at radius 3 is 1.97 bits per heavy atom. The molecule has 0 atom stereocenters. The third kappa shape index (κ3) is 4.08. The highest BCUT2D eigenvalue weighted by Gasteiger charge is 2.21. The van der Waals surface area contributed by atoms with Crippen LogP contribution in [0.25, 0.3) is 11.8 Å². The summed E-state index contributed by atoms with van der Waals surface area (Å²) in [6.45, 7) is 0. The minimum absolute atomic E-state index is 0.284. The van der Waals surface area contributed by atoms with Crippen LogP contribution in [-0.2, 0) is 4.74 Å². The molecule has 0 amide bonds. The second kappa shape index (κ2) is 8.26. The third-order valence-corrected chi connectivity index (χ3v) is 4.30. The minimum Gasteiger partial charge on any atom is -0.422 e. The summed E-state index contributed by atoms with van der Waals surface area (Å²) >= 11 is 0. The zero-order valence-corrected chi connectivity index (χ0v) is 15.4. The van der Waals surface area contributed by atoms with Crippen molar-refractivity contribution >= 4 is 23.8 Å². The van der Waals surface area contributed by atoms with Crippen LogP contribution in [-0.4, -0.2) is 11.9 Å². The zero-order chi connectivity index (χ0) is 20.1. The van der Waals surface area contributed by atoms with Gasteiger partial charge in [0.15, 0.2) is 0 Å². The van der Waals surface area contributed by atoms with E-state index in [4.69, 9.17) is 9.47 Å². The van der Waals surface area contributed by atoms with Crippen molar-refractivity contribution in [1.82, 2.24) is 0 Å². The van der Waals surface area contributed by atoms with Gasteiger partial charge in [-0.3, -0.25) is 0 Å². The Labute approximate surface area is 168 Å². The maximum atomic E-state index is 12.6. The molecule has 0 bridgehead atoms. The smallest absolute Gasteiger partial charge is 0.343 e. The van der Waals surface area contributed by atoms with Crippen molar-refractivity contribution < 1.29 is 19.1 Å². The zero-order valence-electron chi connectivity index (χ0n) is 15.4. The average Bonchev–Trinajstić information content (AvgIpc) is 2.98. The topological polar surface area (TPSA) is 52.6 Å². The van der Waals surface area contributed by atoms with Crippen molar-refractivity contribution in [3.05, 3.63) is 119 Å². The summed E-state index contributed by atoms with van der Waals surface area (Å²) in [7, 11) is 0. The van der Waals surface area contributed by atoms with Crippen molar-refractivity contribution in [1.29, 1.82) is 0 Å². The lowest BCUT2D eigenvalue weighted by Crippen LogP contribution is -2.11. The quantitative estimate of drug-likeness (QED) is 0.351. The number of carbonyl (C=O) groups excluding carboxylic acids is 2. The Hall–Kier alpha value is -4.14. The predicted octanol–water partition coefficient (Wildman–Crippen LogP) is 5.29. The van der Waals surface area contributed by atoms with Gasteiger partial charge in [-0.05, 0) is 54.1 Å². The Morgan fingerprint density at radius 1 is 0.690 bits per heavy atom. The van der Waals surface area contributed by atoms with Crippen molar-refractivity contribution in [2.45, 2.75) is 0 Å². The maximum absolute atomic E-state index is 12.6. The molecule has 3 aromatic carbocycles. The number of esters is 2. The normalized spacial score (nSPS) is 11.8. The van der Waals surface area contributed by atoms with Crippen LogP contribution in [0.2, 0.25) is 0 Å². The van der Waals surface area contributed by atoms with E-state index in [1.807, 2.05) is 18.2 Å². The molecule has 0 N–H and O–H groups in total. The van der Waals surface area contributed by atoms with Gasteiger partial charge in [-0.15, -0.1) is 5.73 Å². The van der Waals surface area contributed by atoms with Crippen molar-refractivity contribution in [3.63, 3.8) is 0 Å². The van der Waals surface area contributed by atoms with Crippen LogP contribution in [0.5, 0.6) is 5.75 Å². The largest absolute Gasteiger partial charge is 0.422 e. The molecule has 140 valence electrons. The molecule has 0 fully saturated rings. The second-order valence-electron chi connectivity index (χ2n) is 6.24. The molecule has 0 unspecified atom stereocenters. The van der Waals surface area contributed by atoms with Gasteiger partial charge in [-0.2, -0.15) is 0 Å². The molecule has 4 nitrogen and oxygen atoms in total. The van der Waals surface area contributed by atoms with E-state index >= 15 is 0 Å². The molecule has 0 saturated carbocycles. The number of benzene rings is 3. The van der Waals surface area contributed by atoms with E-state index in [0.29, 0.717) is 22.4 Å². The lowest BCUT2D eigenvalue weighted by molar-refractivity contribution is 0.0691. The summed E-state index contributed by atoms with van der Waals surface area (Å²) in [6, 6.07) is 22.7. The van der Waals surface area contributed by atoms with E-state index in [9.17, 15) is 9.59 Å². The highest BCUT2D eigenvalue weighted by atomic mass is 16.5. The summed E-state index contributed by atoms with van der Waals surface area (Å²) < 4.78 is 11.3. The van der Waals surface area contributed by atoms with Crippen molar-refractivity contribution in [3.8, 4) is 5.75 Å². The maximum Gasteiger partial charge on any atom is 0.343 e. The third-order valence-electron chi connectivity index (χ3n) is 4.30. The molecular weight excluding hydrogens is 364 g/mol. The molecule has 4 heteroatoms. The van der Waals surface area contributed by atoms with Crippen LogP contribution in [0.4, 0.5) is 0 Å². The standard InChI is InChI=1S/C25H16O4/c26-24(19-11-3-1-4-12-19)28-21-16-8-7-10-18-15-9-17-22(23(18)21)29-25(27)20-13-5-2-6-14-20/h1-6,8-17H. The van der Waals surface area contributed by atoms with E-state index in [2.05, 4.69) is 5.73 Å². The number of allylic oxidation sites excluding steroid dienone is 2. The van der Waals surface area contributed by atoms with E-state index in [-0.39, 0.29) is 5.76 Å². The molecule has 0 spiro atoms. The van der Waals surface area contributed by atoms with Gasteiger partial charge in [0.05, 0.1) is 16.7 Å². The minimum atomic E-state index is -0.498. The molecule has 0 aromatic heterocycles. The first kappa shape index (κ1) is 18.2. The van der Waals surface area contributed by atoms with Gasteiger partial charge in [-0.25, -0.2) is 9.59 Å². The summed E-state index contributed by atoms with van der Waals surface area (Å²) in [5, 5.41) is 0. The Kier molecular flexibility index (Phi) is 5.19. The monoisotopic (exact) mass is 380 g/mol. The Morgan fingerprint density at radius 2 is 1.31 bits per heavy atom. The van der Waals surface area contributed by atoms with Crippen LogP contribution in [0.1, 0.15) is 31.8 Å². The molecule has 3 aromatic rings. The van der Waals surface area contributed by atoms with Crippen LogP contribution in [0, 0.1) is 0 Å². The lowest BCUT2D eigenvalue weighted by Gasteiger charge is -2.15. The summed E-state index contributed by atoms with van der Waals surface area (Å²) in [5.74, 6) is -0.403. The van der Waals surface area contributed by atoms with Crippen LogP contribution in [0.3, 0.4) is 0 Å². The van der Waals surface area contributed by atoms with Gasteiger partial charge in [-0.1, -0.05) is 48.5 Å². The van der Waals surface area contributed by atoms with E-state index in [0.717, 1.165) is 5.56 Å². The number of carbonyl (C=O) groups is 2. The van der Waals surface area contributed by atoms with Gasteiger partial charge in [0, 0.05) is 0 Å². The average molecular weight is 380 g/mol. The number of rotatable bonds is 4. The highest BCUT2D eigenvalue weighted by molar-refractivity contribution is 5.95. The lowest BCUT2D eigenvalue weighted by atomic mass is 10.0. The Bertz CT molecular complexity index is 1150. The first-order chi connectivity index (χ1) is 14.2.